The monoisotopic (exact) mass is 218 g/mol. The summed E-state index contributed by atoms with van der Waals surface area (Å²) in [5.41, 5.74) is 1.21. The number of hydrogen-bond acceptors (Lipinski definition) is 1. The molecule has 88 valence electrons. The molecule has 0 amide bonds. The molecule has 2 heteroatoms. The Balaban J connectivity index is 3.06. The maximum Gasteiger partial charge on any atom is 0.131 e. The lowest BCUT2D eigenvalue weighted by Gasteiger charge is -2.24. The first-order valence-corrected chi connectivity index (χ1v) is 6.07. The van der Waals surface area contributed by atoms with Gasteiger partial charge in [0.1, 0.15) is 5.84 Å². The average Bonchev–Trinajstić information content (AvgIpc) is 2.30. The maximum absolute atomic E-state index is 4.73. The van der Waals surface area contributed by atoms with E-state index in [4.69, 9.17) is 4.99 Å². The third-order valence-electron chi connectivity index (χ3n) is 2.48. The van der Waals surface area contributed by atoms with Crippen molar-refractivity contribution in [3.63, 3.8) is 0 Å². The van der Waals surface area contributed by atoms with Crippen LogP contribution in [0.2, 0.25) is 0 Å². The number of aliphatic imine (C=N–C) groups is 1. The van der Waals surface area contributed by atoms with Gasteiger partial charge in [0, 0.05) is 24.7 Å². The minimum atomic E-state index is 0.329. The molecule has 0 fully saturated rings. The van der Waals surface area contributed by atoms with Crippen molar-refractivity contribution in [2.24, 2.45) is 4.99 Å². The van der Waals surface area contributed by atoms with Crippen LogP contribution in [0, 0.1) is 0 Å². The van der Waals surface area contributed by atoms with Crippen molar-refractivity contribution in [2.75, 3.05) is 13.1 Å². The SMILES string of the molecule is CCN(CC)/C(=N/C(C)C)c1ccccc1. The van der Waals surface area contributed by atoms with E-state index in [0.29, 0.717) is 6.04 Å². The largest absolute Gasteiger partial charge is 0.357 e. The van der Waals surface area contributed by atoms with Crippen molar-refractivity contribution in [1.82, 2.24) is 4.90 Å². The first-order chi connectivity index (χ1) is 7.69. The van der Waals surface area contributed by atoms with Crippen LogP contribution in [0.15, 0.2) is 35.3 Å². The molecule has 2 nitrogen and oxygen atoms in total. The molecule has 0 unspecified atom stereocenters. The summed E-state index contributed by atoms with van der Waals surface area (Å²) in [6, 6.07) is 10.7. The van der Waals surface area contributed by atoms with E-state index in [1.807, 2.05) is 6.07 Å². The lowest BCUT2D eigenvalue weighted by Crippen LogP contribution is -2.32. The van der Waals surface area contributed by atoms with Gasteiger partial charge < -0.3 is 4.90 Å². The molecule has 1 aromatic carbocycles. The number of hydrogen-bond donors (Lipinski definition) is 0. The van der Waals surface area contributed by atoms with E-state index in [1.165, 1.54) is 5.56 Å². The van der Waals surface area contributed by atoms with Gasteiger partial charge in [-0.2, -0.15) is 0 Å². The predicted molar refractivity (Wildman–Crippen MR) is 71.0 cm³/mol. The van der Waals surface area contributed by atoms with E-state index in [9.17, 15) is 0 Å². The predicted octanol–water partition coefficient (Wildman–Crippen LogP) is 3.18. The van der Waals surface area contributed by atoms with E-state index >= 15 is 0 Å². The Labute approximate surface area is 99.0 Å². The second kappa shape index (κ2) is 6.31. The zero-order valence-corrected chi connectivity index (χ0v) is 10.8. The van der Waals surface area contributed by atoms with Gasteiger partial charge in [-0.1, -0.05) is 30.3 Å². The van der Waals surface area contributed by atoms with E-state index < -0.39 is 0 Å². The molecule has 0 spiro atoms. The topological polar surface area (TPSA) is 15.6 Å². The highest BCUT2D eigenvalue weighted by molar-refractivity contribution is 5.98. The van der Waals surface area contributed by atoms with Crippen LogP contribution in [0.1, 0.15) is 33.3 Å². The molecule has 0 N–H and O–H groups in total. The number of rotatable bonds is 4. The number of amidine groups is 1. The standard InChI is InChI=1S/C14H22N2/c1-5-16(6-2)14(15-12(3)4)13-10-8-7-9-11-13/h7-12H,5-6H2,1-4H3/b15-14+. The molecule has 0 saturated carbocycles. The van der Waals surface area contributed by atoms with Gasteiger partial charge in [0.05, 0.1) is 0 Å². The summed E-state index contributed by atoms with van der Waals surface area (Å²) in [7, 11) is 0. The lowest BCUT2D eigenvalue weighted by atomic mass is 10.2. The Kier molecular flexibility index (Phi) is 5.03. The van der Waals surface area contributed by atoms with Gasteiger partial charge in [-0.3, -0.25) is 4.99 Å². The van der Waals surface area contributed by atoms with Crippen LogP contribution in [0.25, 0.3) is 0 Å². The van der Waals surface area contributed by atoms with Gasteiger partial charge in [0.15, 0.2) is 0 Å². The second-order valence-corrected chi connectivity index (χ2v) is 4.08. The third-order valence-corrected chi connectivity index (χ3v) is 2.48. The summed E-state index contributed by atoms with van der Waals surface area (Å²) in [4.78, 5) is 7.03. The van der Waals surface area contributed by atoms with Crippen molar-refractivity contribution in [2.45, 2.75) is 33.7 Å². The molecule has 0 atom stereocenters. The quantitative estimate of drug-likeness (QED) is 0.560. The zero-order chi connectivity index (χ0) is 12.0. The van der Waals surface area contributed by atoms with Gasteiger partial charge in [-0.15, -0.1) is 0 Å². The molecule has 0 aliphatic rings. The summed E-state index contributed by atoms with van der Waals surface area (Å²) < 4.78 is 0. The normalized spacial score (nSPS) is 11.9. The van der Waals surface area contributed by atoms with Gasteiger partial charge in [-0.05, 0) is 27.7 Å². The molecule has 0 bridgehead atoms. The van der Waals surface area contributed by atoms with E-state index in [-0.39, 0.29) is 0 Å². The van der Waals surface area contributed by atoms with Crippen molar-refractivity contribution in [3.05, 3.63) is 35.9 Å². The molecule has 1 aromatic rings. The Morgan fingerprint density at radius 2 is 1.69 bits per heavy atom. The van der Waals surface area contributed by atoms with E-state index in [2.05, 4.69) is 56.9 Å². The molecule has 0 aliphatic carbocycles. The molecule has 0 aliphatic heterocycles. The van der Waals surface area contributed by atoms with Crippen molar-refractivity contribution in [3.8, 4) is 0 Å². The summed E-state index contributed by atoms with van der Waals surface area (Å²) in [6.07, 6.45) is 0. The zero-order valence-electron chi connectivity index (χ0n) is 10.8. The van der Waals surface area contributed by atoms with Crippen LogP contribution in [0.3, 0.4) is 0 Å². The van der Waals surface area contributed by atoms with Crippen LogP contribution in [-0.2, 0) is 0 Å². The maximum atomic E-state index is 4.73. The van der Waals surface area contributed by atoms with Gasteiger partial charge >= 0.3 is 0 Å². The summed E-state index contributed by atoms with van der Waals surface area (Å²) in [6.45, 7) is 10.6. The Morgan fingerprint density at radius 1 is 1.12 bits per heavy atom. The van der Waals surface area contributed by atoms with Gasteiger partial charge in [-0.25, -0.2) is 0 Å². The van der Waals surface area contributed by atoms with Crippen molar-refractivity contribution in [1.29, 1.82) is 0 Å². The van der Waals surface area contributed by atoms with Crippen LogP contribution < -0.4 is 0 Å². The lowest BCUT2D eigenvalue weighted by molar-refractivity contribution is 0.462. The molecule has 16 heavy (non-hydrogen) atoms. The molecular weight excluding hydrogens is 196 g/mol. The highest BCUT2D eigenvalue weighted by atomic mass is 15.2. The number of benzene rings is 1. The Bertz CT molecular complexity index is 324. The molecule has 0 heterocycles. The molecule has 1 rings (SSSR count). The minimum absolute atomic E-state index is 0.329. The Morgan fingerprint density at radius 3 is 2.12 bits per heavy atom. The molecule has 0 radical (unpaired) electrons. The minimum Gasteiger partial charge on any atom is -0.357 e. The first kappa shape index (κ1) is 12.8. The summed E-state index contributed by atoms with van der Waals surface area (Å²) in [5.74, 6) is 1.11. The fourth-order valence-electron chi connectivity index (χ4n) is 1.69. The van der Waals surface area contributed by atoms with Crippen LogP contribution in [-0.4, -0.2) is 29.9 Å². The summed E-state index contributed by atoms with van der Waals surface area (Å²) in [5, 5.41) is 0. The van der Waals surface area contributed by atoms with Crippen LogP contribution >= 0.6 is 0 Å². The number of nitrogens with zero attached hydrogens (tertiary/aromatic N) is 2. The molecule has 0 aromatic heterocycles. The van der Waals surface area contributed by atoms with Crippen molar-refractivity contribution >= 4 is 5.84 Å². The van der Waals surface area contributed by atoms with Gasteiger partial charge in [0.2, 0.25) is 0 Å². The highest BCUT2D eigenvalue weighted by Gasteiger charge is 2.10. The smallest absolute Gasteiger partial charge is 0.131 e. The van der Waals surface area contributed by atoms with Crippen molar-refractivity contribution < 1.29 is 0 Å². The highest BCUT2D eigenvalue weighted by Crippen LogP contribution is 2.07. The third kappa shape index (κ3) is 3.37. The van der Waals surface area contributed by atoms with Crippen LogP contribution in [0.5, 0.6) is 0 Å². The Hall–Kier alpha value is -1.31. The fraction of sp³-hybridized carbons (Fsp3) is 0.500. The molecule has 0 saturated heterocycles. The van der Waals surface area contributed by atoms with Crippen LogP contribution in [0.4, 0.5) is 0 Å². The summed E-state index contributed by atoms with van der Waals surface area (Å²) >= 11 is 0. The van der Waals surface area contributed by atoms with E-state index in [0.717, 1.165) is 18.9 Å². The fourth-order valence-corrected chi connectivity index (χ4v) is 1.69. The second-order valence-electron chi connectivity index (χ2n) is 4.08. The van der Waals surface area contributed by atoms with E-state index in [1.54, 1.807) is 0 Å². The van der Waals surface area contributed by atoms with Gasteiger partial charge in [0.25, 0.3) is 0 Å². The molecular formula is C14H22N2. The average molecular weight is 218 g/mol. The first-order valence-electron chi connectivity index (χ1n) is 6.07.